The lowest BCUT2D eigenvalue weighted by molar-refractivity contribution is 0.112. The third kappa shape index (κ3) is 2.72. The maximum atomic E-state index is 11.2. The number of carbonyl (C=O) groups is 1. The summed E-state index contributed by atoms with van der Waals surface area (Å²) in [5.41, 5.74) is 2.10. The second-order valence-corrected chi connectivity index (χ2v) is 4.56. The summed E-state index contributed by atoms with van der Waals surface area (Å²) in [4.78, 5) is 11.2. The van der Waals surface area contributed by atoms with E-state index in [1.165, 1.54) is 0 Å². The van der Waals surface area contributed by atoms with Crippen molar-refractivity contribution in [2.75, 3.05) is 20.8 Å². The fourth-order valence-electron chi connectivity index (χ4n) is 2.15. The number of ether oxygens (including phenoxy) is 2. The molecule has 0 N–H and O–H groups in total. The third-order valence-electron chi connectivity index (χ3n) is 3.12. The summed E-state index contributed by atoms with van der Waals surface area (Å²) >= 11 is 0. The Bertz CT molecular complexity index is 593. The second-order valence-electron chi connectivity index (χ2n) is 4.56. The Balaban J connectivity index is 2.46. The molecule has 0 amide bonds. The first-order valence-corrected chi connectivity index (χ1v) is 6.38. The van der Waals surface area contributed by atoms with E-state index in [0.717, 1.165) is 17.7 Å². The van der Waals surface area contributed by atoms with Crippen molar-refractivity contribution in [2.45, 2.75) is 12.8 Å². The molecule has 5 heteroatoms. The molecule has 0 aliphatic carbocycles. The van der Waals surface area contributed by atoms with Crippen molar-refractivity contribution in [2.24, 2.45) is 0 Å². The molecule has 0 bridgehead atoms. The second kappa shape index (κ2) is 6.34. The zero-order valence-corrected chi connectivity index (χ0v) is 11.9. The molecule has 20 heavy (non-hydrogen) atoms. The lowest BCUT2D eigenvalue weighted by Crippen LogP contribution is -2.06. The van der Waals surface area contributed by atoms with Gasteiger partial charge < -0.3 is 9.47 Å². The van der Waals surface area contributed by atoms with Crippen LogP contribution in [0.3, 0.4) is 0 Å². The number of hydrogen-bond donors (Lipinski definition) is 0. The number of para-hydroxylation sites is 2. The van der Waals surface area contributed by atoms with Crippen molar-refractivity contribution < 1.29 is 14.3 Å². The van der Waals surface area contributed by atoms with Gasteiger partial charge in [0.1, 0.15) is 11.4 Å². The van der Waals surface area contributed by atoms with E-state index in [0.29, 0.717) is 17.9 Å². The van der Waals surface area contributed by atoms with Gasteiger partial charge in [-0.1, -0.05) is 19.1 Å². The quantitative estimate of drug-likeness (QED) is 0.759. The maximum Gasteiger partial charge on any atom is 0.153 e. The standard InChI is InChI=1S/C15H18N2O3/c1-11(10-19-2)15-12(9-18)8-17(16-15)13-6-4-5-7-14(13)20-3/h4-9,11H,10H2,1-3H3. The van der Waals surface area contributed by atoms with Gasteiger partial charge in [0.15, 0.2) is 6.29 Å². The summed E-state index contributed by atoms with van der Waals surface area (Å²) in [6.45, 7) is 2.50. The molecule has 1 heterocycles. The molecule has 106 valence electrons. The first-order valence-electron chi connectivity index (χ1n) is 6.38. The van der Waals surface area contributed by atoms with E-state index in [1.807, 2.05) is 31.2 Å². The molecule has 1 aromatic carbocycles. The van der Waals surface area contributed by atoms with Crippen molar-refractivity contribution >= 4 is 6.29 Å². The van der Waals surface area contributed by atoms with E-state index in [4.69, 9.17) is 9.47 Å². The van der Waals surface area contributed by atoms with E-state index >= 15 is 0 Å². The molecule has 1 aromatic heterocycles. The van der Waals surface area contributed by atoms with Crippen LogP contribution < -0.4 is 4.74 Å². The minimum absolute atomic E-state index is 0.0520. The smallest absolute Gasteiger partial charge is 0.153 e. The first-order chi connectivity index (χ1) is 9.71. The van der Waals surface area contributed by atoms with Crippen LogP contribution in [0.25, 0.3) is 5.69 Å². The van der Waals surface area contributed by atoms with Gasteiger partial charge in [-0.2, -0.15) is 5.10 Å². The van der Waals surface area contributed by atoms with Gasteiger partial charge in [0, 0.05) is 19.2 Å². The molecule has 0 aliphatic rings. The summed E-state index contributed by atoms with van der Waals surface area (Å²) in [7, 11) is 3.24. The van der Waals surface area contributed by atoms with Gasteiger partial charge >= 0.3 is 0 Å². The molecule has 2 rings (SSSR count). The van der Waals surface area contributed by atoms with Gasteiger partial charge in [0.25, 0.3) is 0 Å². The molecule has 5 nitrogen and oxygen atoms in total. The van der Waals surface area contributed by atoms with Crippen molar-refractivity contribution in [1.82, 2.24) is 9.78 Å². The molecule has 2 aromatic rings. The van der Waals surface area contributed by atoms with Crippen molar-refractivity contribution in [3.8, 4) is 11.4 Å². The number of benzene rings is 1. The summed E-state index contributed by atoms with van der Waals surface area (Å²) in [6, 6.07) is 7.54. The van der Waals surface area contributed by atoms with E-state index in [9.17, 15) is 4.79 Å². The highest BCUT2D eigenvalue weighted by molar-refractivity contribution is 5.76. The molecule has 0 aliphatic heterocycles. The lowest BCUT2D eigenvalue weighted by atomic mass is 10.1. The zero-order chi connectivity index (χ0) is 14.5. The van der Waals surface area contributed by atoms with E-state index in [1.54, 1.807) is 25.1 Å². The molecule has 1 atom stereocenters. The summed E-state index contributed by atoms with van der Waals surface area (Å²) in [5, 5.41) is 4.50. The van der Waals surface area contributed by atoms with Crippen molar-refractivity contribution in [3.63, 3.8) is 0 Å². The van der Waals surface area contributed by atoms with Crippen LogP contribution in [-0.2, 0) is 4.74 Å². The van der Waals surface area contributed by atoms with Gasteiger partial charge in [-0.05, 0) is 12.1 Å². The van der Waals surface area contributed by atoms with Crippen LogP contribution in [0.15, 0.2) is 30.5 Å². The maximum absolute atomic E-state index is 11.2. The normalized spacial score (nSPS) is 12.2. The summed E-state index contributed by atoms with van der Waals surface area (Å²) in [5.74, 6) is 0.759. The summed E-state index contributed by atoms with van der Waals surface area (Å²) < 4.78 is 12.1. The predicted molar refractivity (Wildman–Crippen MR) is 75.8 cm³/mol. The predicted octanol–water partition coefficient (Wildman–Crippen LogP) is 2.44. The Kier molecular flexibility index (Phi) is 4.53. The fraction of sp³-hybridized carbons (Fsp3) is 0.333. The zero-order valence-electron chi connectivity index (χ0n) is 11.9. The van der Waals surface area contributed by atoms with E-state index < -0.39 is 0 Å². The average Bonchev–Trinajstić information content (AvgIpc) is 2.91. The van der Waals surface area contributed by atoms with Crippen LogP contribution in [0.2, 0.25) is 0 Å². The minimum atomic E-state index is 0.0520. The Morgan fingerprint density at radius 3 is 2.75 bits per heavy atom. The van der Waals surface area contributed by atoms with Crippen LogP contribution in [-0.4, -0.2) is 36.9 Å². The number of methoxy groups -OCH3 is 2. The summed E-state index contributed by atoms with van der Waals surface area (Å²) in [6.07, 6.45) is 2.53. The number of nitrogens with zero attached hydrogens (tertiary/aromatic N) is 2. The largest absolute Gasteiger partial charge is 0.494 e. The van der Waals surface area contributed by atoms with Gasteiger partial charge in [-0.25, -0.2) is 4.68 Å². The Labute approximate surface area is 118 Å². The Morgan fingerprint density at radius 1 is 1.35 bits per heavy atom. The molecule has 0 saturated heterocycles. The molecule has 0 saturated carbocycles. The molecule has 0 radical (unpaired) electrons. The molecular weight excluding hydrogens is 256 g/mol. The van der Waals surface area contributed by atoms with Crippen LogP contribution in [0, 0.1) is 0 Å². The van der Waals surface area contributed by atoms with Crippen LogP contribution in [0.5, 0.6) is 5.75 Å². The van der Waals surface area contributed by atoms with Crippen molar-refractivity contribution in [1.29, 1.82) is 0 Å². The van der Waals surface area contributed by atoms with Crippen LogP contribution >= 0.6 is 0 Å². The number of hydrogen-bond acceptors (Lipinski definition) is 4. The number of aromatic nitrogens is 2. The van der Waals surface area contributed by atoms with Crippen molar-refractivity contribution in [3.05, 3.63) is 41.7 Å². The van der Waals surface area contributed by atoms with Crippen LogP contribution in [0.4, 0.5) is 0 Å². The van der Waals surface area contributed by atoms with E-state index in [-0.39, 0.29) is 5.92 Å². The van der Waals surface area contributed by atoms with E-state index in [2.05, 4.69) is 5.10 Å². The van der Waals surface area contributed by atoms with Crippen LogP contribution in [0.1, 0.15) is 28.9 Å². The minimum Gasteiger partial charge on any atom is -0.494 e. The van der Waals surface area contributed by atoms with Gasteiger partial charge in [-0.3, -0.25) is 4.79 Å². The Morgan fingerprint density at radius 2 is 2.10 bits per heavy atom. The molecule has 1 unspecified atom stereocenters. The third-order valence-corrected chi connectivity index (χ3v) is 3.12. The van der Waals surface area contributed by atoms with Gasteiger partial charge in [0.05, 0.1) is 25.0 Å². The highest BCUT2D eigenvalue weighted by Crippen LogP contribution is 2.24. The lowest BCUT2D eigenvalue weighted by Gasteiger charge is -2.09. The van der Waals surface area contributed by atoms with Gasteiger partial charge in [0.2, 0.25) is 0 Å². The Hall–Kier alpha value is -2.14. The first kappa shape index (κ1) is 14.3. The number of aldehydes is 1. The molecular formula is C15H18N2O3. The highest BCUT2D eigenvalue weighted by atomic mass is 16.5. The monoisotopic (exact) mass is 274 g/mol. The van der Waals surface area contributed by atoms with Gasteiger partial charge in [-0.15, -0.1) is 0 Å². The average molecular weight is 274 g/mol. The number of rotatable bonds is 6. The highest BCUT2D eigenvalue weighted by Gasteiger charge is 2.17. The molecule has 0 fully saturated rings. The SMILES string of the molecule is COCC(C)c1nn(-c2ccccc2OC)cc1C=O. The number of carbonyl (C=O) groups excluding carboxylic acids is 1. The fourth-order valence-corrected chi connectivity index (χ4v) is 2.15. The topological polar surface area (TPSA) is 53.4 Å². The molecule has 0 spiro atoms.